The highest BCUT2D eigenvalue weighted by atomic mass is 16.5. The van der Waals surface area contributed by atoms with Crippen molar-refractivity contribution in [2.75, 3.05) is 18.2 Å². The van der Waals surface area contributed by atoms with Gasteiger partial charge in [-0.15, -0.1) is 0 Å². The van der Waals surface area contributed by atoms with Gasteiger partial charge in [0.2, 0.25) is 0 Å². The molecule has 1 heterocycles. The van der Waals surface area contributed by atoms with E-state index in [1.54, 1.807) is 13.2 Å². The minimum atomic E-state index is -0.855. The van der Waals surface area contributed by atoms with Crippen LogP contribution < -0.4 is 15.8 Å². The first-order valence-electron chi connectivity index (χ1n) is 12.9. The third-order valence-electron chi connectivity index (χ3n) is 7.10. The lowest BCUT2D eigenvalue weighted by Gasteiger charge is -2.19. The maximum absolute atomic E-state index is 11.0. The summed E-state index contributed by atoms with van der Waals surface area (Å²) in [6.45, 7) is 0.432. The van der Waals surface area contributed by atoms with Gasteiger partial charge >= 0.3 is 0 Å². The molecule has 0 unspecified atom stereocenters. The fourth-order valence-electron chi connectivity index (χ4n) is 5.18. The summed E-state index contributed by atoms with van der Waals surface area (Å²) in [4.78, 5) is 4.79. The van der Waals surface area contributed by atoms with Crippen molar-refractivity contribution in [3.63, 3.8) is 0 Å². The Bertz CT molecular complexity index is 1780. The molecule has 5 nitrogen and oxygen atoms in total. The maximum atomic E-state index is 11.0. The molecule has 0 aliphatic heterocycles. The van der Waals surface area contributed by atoms with Crippen LogP contribution in [-0.4, -0.2) is 17.2 Å². The van der Waals surface area contributed by atoms with Crippen molar-refractivity contribution in [1.82, 2.24) is 4.98 Å². The molecule has 39 heavy (non-hydrogen) atoms. The van der Waals surface area contributed by atoms with Gasteiger partial charge in [-0.3, -0.25) is 4.98 Å². The van der Waals surface area contributed by atoms with Crippen molar-refractivity contribution in [2.24, 2.45) is 0 Å². The topological polar surface area (TPSA) is 80.4 Å². The summed E-state index contributed by atoms with van der Waals surface area (Å²) in [5, 5.41) is 19.1. The minimum absolute atomic E-state index is 0.432. The highest BCUT2D eigenvalue weighted by molar-refractivity contribution is 6.13. The molecule has 0 spiro atoms. The molecule has 0 aliphatic rings. The lowest BCUT2D eigenvalue weighted by Crippen LogP contribution is -2.09. The molecular weight excluding hydrogens is 482 g/mol. The first kappa shape index (κ1) is 24.5. The van der Waals surface area contributed by atoms with Crippen LogP contribution in [0.4, 0.5) is 11.4 Å². The van der Waals surface area contributed by atoms with Gasteiger partial charge < -0.3 is 20.9 Å². The van der Waals surface area contributed by atoms with Crippen molar-refractivity contribution in [2.45, 2.75) is 12.6 Å². The molecule has 0 aliphatic carbocycles. The van der Waals surface area contributed by atoms with E-state index in [9.17, 15) is 5.11 Å². The highest BCUT2D eigenvalue weighted by Crippen LogP contribution is 2.42. The van der Waals surface area contributed by atoms with E-state index in [0.29, 0.717) is 18.0 Å². The molecule has 0 bridgehead atoms. The number of pyridine rings is 1. The van der Waals surface area contributed by atoms with Crippen molar-refractivity contribution < 1.29 is 9.84 Å². The molecule has 192 valence electrons. The normalized spacial score (nSPS) is 11.9. The Morgan fingerprint density at radius 2 is 1.41 bits per heavy atom. The number of anilines is 2. The van der Waals surface area contributed by atoms with Crippen LogP contribution in [0.1, 0.15) is 23.1 Å². The fraction of sp³-hybridized carbons (Fsp3) is 0.0882. The third-order valence-corrected chi connectivity index (χ3v) is 7.10. The molecule has 0 saturated heterocycles. The fourth-order valence-corrected chi connectivity index (χ4v) is 5.18. The molecule has 5 heteroatoms. The number of benzene rings is 5. The van der Waals surface area contributed by atoms with E-state index < -0.39 is 6.10 Å². The average molecular weight is 512 g/mol. The van der Waals surface area contributed by atoms with E-state index in [1.165, 1.54) is 0 Å². The molecule has 0 amide bonds. The van der Waals surface area contributed by atoms with Crippen molar-refractivity contribution in [3.8, 4) is 16.9 Å². The van der Waals surface area contributed by atoms with E-state index in [-0.39, 0.29) is 0 Å². The van der Waals surface area contributed by atoms with Gasteiger partial charge in [0.15, 0.2) is 0 Å². The quantitative estimate of drug-likeness (QED) is 0.195. The number of nitrogens with zero attached hydrogens (tertiary/aromatic N) is 1. The number of methoxy groups -OCH3 is 1. The highest BCUT2D eigenvalue weighted by Gasteiger charge is 2.17. The summed E-state index contributed by atoms with van der Waals surface area (Å²) in [5.74, 6) is 0.642. The van der Waals surface area contributed by atoms with Gasteiger partial charge in [0.05, 0.1) is 25.0 Å². The van der Waals surface area contributed by atoms with Crippen molar-refractivity contribution in [3.05, 3.63) is 132 Å². The summed E-state index contributed by atoms with van der Waals surface area (Å²) in [6, 6.07) is 38.1. The van der Waals surface area contributed by atoms with Crippen molar-refractivity contribution in [1.29, 1.82) is 0 Å². The zero-order chi connectivity index (χ0) is 26.8. The summed E-state index contributed by atoms with van der Waals surface area (Å²) in [7, 11) is 1.62. The monoisotopic (exact) mass is 511 g/mol. The Labute approximate surface area is 227 Å². The van der Waals surface area contributed by atoms with Crippen LogP contribution in [0, 0.1) is 0 Å². The molecule has 1 aromatic heterocycles. The van der Waals surface area contributed by atoms with E-state index in [0.717, 1.165) is 55.3 Å². The Hall–Kier alpha value is -4.87. The van der Waals surface area contributed by atoms with Crippen LogP contribution in [0.25, 0.3) is 32.7 Å². The number of rotatable bonds is 7. The van der Waals surface area contributed by atoms with Gasteiger partial charge in [0, 0.05) is 34.6 Å². The molecule has 5 aromatic carbocycles. The number of fused-ring (bicyclic) bond motifs is 2. The largest absolute Gasteiger partial charge is 0.497 e. The van der Waals surface area contributed by atoms with E-state index in [4.69, 9.17) is 15.5 Å². The van der Waals surface area contributed by atoms with Gasteiger partial charge in [-0.2, -0.15) is 0 Å². The summed E-state index contributed by atoms with van der Waals surface area (Å²) in [5.41, 5.74) is 12.4. The number of nitrogens with one attached hydrogen (secondary N) is 1. The van der Waals surface area contributed by atoms with Gasteiger partial charge in [0.25, 0.3) is 0 Å². The third kappa shape index (κ3) is 4.76. The van der Waals surface area contributed by atoms with Crippen LogP contribution in [0.5, 0.6) is 5.75 Å². The number of ether oxygens (including phenoxy) is 1. The predicted octanol–water partition coefficient (Wildman–Crippen LogP) is 7.34. The second kappa shape index (κ2) is 10.5. The van der Waals surface area contributed by atoms with E-state index in [2.05, 4.69) is 53.8 Å². The standard InChI is InChI=1S/C34H29N3O2/c1-39-26-19-25(37-31(20-26)34(38)24-11-3-2-4-12-24)21-36-30-18-16-23-10-6-8-14-28(23)33(30)32-27-13-7-5-9-22(27)15-17-29(32)35/h2-20,34,36,38H,21,35H2,1H3/t34-/m1/s1. The number of aliphatic hydroxyl groups is 1. The molecule has 6 aromatic rings. The lowest BCUT2D eigenvalue weighted by molar-refractivity contribution is 0.214. The number of nitrogen functional groups attached to an aromatic ring is 1. The Balaban J connectivity index is 1.43. The zero-order valence-electron chi connectivity index (χ0n) is 21.6. The Morgan fingerprint density at radius 3 is 2.13 bits per heavy atom. The first-order chi connectivity index (χ1) is 19.1. The van der Waals surface area contributed by atoms with Crippen LogP contribution in [0.2, 0.25) is 0 Å². The van der Waals surface area contributed by atoms with Gasteiger partial charge in [0.1, 0.15) is 11.9 Å². The van der Waals surface area contributed by atoms with Crippen molar-refractivity contribution >= 4 is 32.9 Å². The number of aromatic nitrogens is 1. The SMILES string of the molecule is COc1cc(CNc2ccc3ccccc3c2-c2c(N)ccc3ccccc23)nc([C@H](O)c2ccccc2)c1. The number of hydrogen-bond acceptors (Lipinski definition) is 5. The molecular formula is C34H29N3O2. The molecule has 1 atom stereocenters. The molecule has 0 radical (unpaired) electrons. The second-order valence-corrected chi connectivity index (χ2v) is 9.55. The Kier molecular flexibility index (Phi) is 6.57. The minimum Gasteiger partial charge on any atom is -0.497 e. The van der Waals surface area contributed by atoms with Crippen LogP contribution in [0.15, 0.2) is 115 Å². The molecule has 0 saturated carbocycles. The van der Waals surface area contributed by atoms with Gasteiger partial charge in [-0.25, -0.2) is 0 Å². The lowest BCUT2D eigenvalue weighted by atomic mass is 9.91. The second-order valence-electron chi connectivity index (χ2n) is 9.55. The summed E-state index contributed by atoms with van der Waals surface area (Å²) in [6.07, 6.45) is -0.855. The maximum Gasteiger partial charge on any atom is 0.122 e. The zero-order valence-corrected chi connectivity index (χ0v) is 21.6. The smallest absolute Gasteiger partial charge is 0.122 e. The summed E-state index contributed by atoms with van der Waals surface area (Å²) >= 11 is 0. The van der Waals surface area contributed by atoms with Crippen LogP contribution in [0.3, 0.4) is 0 Å². The number of nitrogens with two attached hydrogens (primary N) is 1. The van der Waals surface area contributed by atoms with E-state index in [1.807, 2.05) is 60.7 Å². The molecule has 6 rings (SSSR count). The van der Waals surface area contributed by atoms with E-state index >= 15 is 0 Å². The van der Waals surface area contributed by atoms with Gasteiger partial charge in [-0.05, 0) is 39.2 Å². The average Bonchev–Trinajstić information content (AvgIpc) is 3.00. The molecule has 0 fully saturated rings. The van der Waals surface area contributed by atoms with Gasteiger partial charge in [-0.1, -0.05) is 91.0 Å². The predicted molar refractivity (Wildman–Crippen MR) is 160 cm³/mol. The first-order valence-corrected chi connectivity index (χ1v) is 12.9. The Morgan fingerprint density at radius 1 is 0.769 bits per heavy atom. The van der Waals surface area contributed by atoms with Crippen LogP contribution in [-0.2, 0) is 6.54 Å². The summed E-state index contributed by atoms with van der Waals surface area (Å²) < 4.78 is 5.55. The number of hydrogen-bond donors (Lipinski definition) is 3. The number of aliphatic hydroxyl groups excluding tert-OH is 1. The molecule has 4 N–H and O–H groups in total. The van der Waals surface area contributed by atoms with Crippen LogP contribution >= 0.6 is 0 Å².